The van der Waals surface area contributed by atoms with Crippen molar-refractivity contribution in [2.75, 3.05) is 7.05 Å². The van der Waals surface area contributed by atoms with Crippen LogP contribution in [0.2, 0.25) is 5.02 Å². The summed E-state index contributed by atoms with van der Waals surface area (Å²) in [7, 11) is 1.62. The van der Waals surface area contributed by atoms with Crippen molar-refractivity contribution >= 4 is 17.6 Å². The summed E-state index contributed by atoms with van der Waals surface area (Å²) in [6.07, 6.45) is 0. The molecule has 0 saturated carbocycles. The SMILES string of the molecule is CNC(C(=O)O)c1ccc(Cl)cc1C. The van der Waals surface area contributed by atoms with Crippen LogP contribution in [0.25, 0.3) is 0 Å². The molecule has 76 valence electrons. The van der Waals surface area contributed by atoms with Crippen LogP contribution in [0.15, 0.2) is 18.2 Å². The highest BCUT2D eigenvalue weighted by Gasteiger charge is 2.18. The molecule has 1 unspecified atom stereocenters. The van der Waals surface area contributed by atoms with Gasteiger partial charge in [-0.25, -0.2) is 0 Å². The van der Waals surface area contributed by atoms with E-state index in [1.165, 1.54) is 0 Å². The van der Waals surface area contributed by atoms with Crippen molar-refractivity contribution in [3.05, 3.63) is 34.3 Å². The van der Waals surface area contributed by atoms with E-state index < -0.39 is 12.0 Å². The fourth-order valence-corrected chi connectivity index (χ4v) is 1.60. The maximum absolute atomic E-state index is 10.9. The van der Waals surface area contributed by atoms with E-state index in [1.54, 1.807) is 25.2 Å². The van der Waals surface area contributed by atoms with Crippen molar-refractivity contribution in [1.29, 1.82) is 0 Å². The van der Waals surface area contributed by atoms with Crippen LogP contribution in [0.3, 0.4) is 0 Å². The van der Waals surface area contributed by atoms with Crippen LogP contribution in [-0.4, -0.2) is 18.1 Å². The Morgan fingerprint density at radius 3 is 2.64 bits per heavy atom. The number of aliphatic carboxylic acids is 1. The van der Waals surface area contributed by atoms with Crippen LogP contribution >= 0.6 is 11.6 Å². The van der Waals surface area contributed by atoms with Crippen molar-refractivity contribution in [3.63, 3.8) is 0 Å². The minimum atomic E-state index is -0.891. The molecular weight excluding hydrogens is 202 g/mol. The number of halogens is 1. The zero-order chi connectivity index (χ0) is 10.7. The maximum Gasteiger partial charge on any atom is 0.325 e. The monoisotopic (exact) mass is 213 g/mol. The Hall–Kier alpha value is -1.06. The highest BCUT2D eigenvalue weighted by Crippen LogP contribution is 2.21. The van der Waals surface area contributed by atoms with Crippen LogP contribution in [-0.2, 0) is 4.79 Å². The Labute approximate surface area is 87.7 Å². The highest BCUT2D eigenvalue weighted by molar-refractivity contribution is 6.30. The first-order valence-electron chi connectivity index (χ1n) is 4.22. The number of carboxylic acid groups (broad SMARTS) is 1. The zero-order valence-electron chi connectivity index (χ0n) is 8.04. The van der Waals surface area contributed by atoms with Crippen molar-refractivity contribution in [2.45, 2.75) is 13.0 Å². The average molecular weight is 214 g/mol. The lowest BCUT2D eigenvalue weighted by molar-refractivity contribution is -0.139. The summed E-state index contributed by atoms with van der Waals surface area (Å²) in [6.45, 7) is 1.84. The standard InChI is InChI=1S/C10H12ClNO2/c1-6-5-7(11)3-4-8(6)9(12-2)10(13)14/h3-5,9,12H,1-2H3,(H,13,14). The van der Waals surface area contributed by atoms with E-state index in [0.29, 0.717) is 5.02 Å². The molecule has 0 fully saturated rings. The van der Waals surface area contributed by atoms with Crippen molar-refractivity contribution < 1.29 is 9.90 Å². The summed E-state index contributed by atoms with van der Waals surface area (Å²) in [4.78, 5) is 10.9. The van der Waals surface area contributed by atoms with Gasteiger partial charge in [0.05, 0.1) is 0 Å². The van der Waals surface area contributed by atoms with Crippen LogP contribution in [0.4, 0.5) is 0 Å². The van der Waals surface area contributed by atoms with Crippen LogP contribution < -0.4 is 5.32 Å². The van der Waals surface area contributed by atoms with Crippen molar-refractivity contribution in [2.24, 2.45) is 0 Å². The zero-order valence-corrected chi connectivity index (χ0v) is 8.80. The molecule has 0 radical (unpaired) electrons. The highest BCUT2D eigenvalue weighted by atomic mass is 35.5. The molecule has 0 aliphatic heterocycles. The number of hydrogen-bond acceptors (Lipinski definition) is 2. The summed E-state index contributed by atoms with van der Waals surface area (Å²) in [5, 5.41) is 12.3. The molecule has 14 heavy (non-hydrogen) atoms. The number of carboxylic acids is 1. The normalized spacial score (nSPS) is 12.5. The van der Waals surface area contributed by atoms with E-state index in [-0.39, 0.29) is 0 Å². The van der Waals surface area contributed by atoms with Gasteiger partial charge in [-0.05, 0) is 37.2 Å². The topological polar surface area (TPSA) is 49.3 Å². The predicted molar refractivity (Wildman–Crippen MR) is 55.6 cm³/mol. The van der Waals surface area contributed by atoms with Gasteiger partial charge in [-0.15, -0.1) is 0 Å². The predicted octanol–water partition coefficient (Wildman–Crippen LogP) is 1.99. The number of hydrogen-bond donors (Lipinski definition) is 2. The quantitative estimate of drug-likeness (QED) is 0.808. The van der Waals surface area contributed by atoms with Gasteiger partial charge in [0.1, 0.15) is 6.04 Å². The third-order valence-corrected chi connectivity index (χ3v) is 2.31. The minimum Gasteiger partial charge on any atom is -0.480 e. The second-order valence-electron chi connectivity index (χ2n) is 3.06. The molecule has 0 aliphatic carbocycles. The van der Waals surface area contributed by atoms with Gasteiger partial charge in [-0.1, -0.05) is 17.7 Å². The summed E-state index contributed by atoms with van der Waals surface area (Å²) in [6, 6.07) is 4.50. The fraction of sp³-hybridized carbons (Fsp3) is 0.300. The number of nitrogens with one attached hydrogen (secondary N) is 1. The molecule has 0 spiro atoms. The second-order valence-corrected chi connectivity index (χ2v) is 3.50. The molecule has 0 aromatic heterocycles. The molecule has 0 amide bonds. The number of likely N-dealkylation sites (N-methyl/N-ethyl adjacent to an activating group) is 1. The third kappa shape index (κ3) is 2.25. The third-order valence-electron chi connectivity index (χ3n) is 2.08. The first-order valence-corrected chi connectivity index (χ1v) is 4.60. The van der Waals surface area contributed by atoms with Crippen molar-refractivity contribution in [3.8, 4) is 0 Å². The average Bonchev–Trinajstić information content (AvgIpc) is 2.09. The van der Waals surface area contributed by atoms with Gasteiger partial charge in [0.2, 0.25) is 0 Å². The van der Waals surface area contributed by atoms with Crippen LogP contribution in [0.5, 0.6) is 0 Å². The summed E-state index contributed by atoms with van der Waals surface area (Å²) in [5.41, 5.74) is 1.61. The van der Waals surface area contributed by atoms with Gasteiger partial charge in [-0.2, -0.15) is 0 Å². The fourth-order valence-electron chi connectivity index (χ4n) is 1.38. The molecule has 4 heteroatoms. The Kier molecular flexibility index (Phi) is 3.49. The van der Waals surface area contributed by atoms with Crippen molar-refractivity contribution in [1.82, 2.24) is 5.32 Å². The lowest BCUT2D eigenvalue weighted by Crippen LogP contribution is -2.25. The number of carbonyl (C=O) groups is 1. The molecule has 3 nitrogen and oxygen atoms in total. The molecule has 0 aliphatic rings. The van der Waals surface area contributed by atoms with Gasteiger partial charge < -0.3 is 10.4 Å². The largest absolute Gasteiger partial charge is 0.480 e. The van der Waals surface area contributed by atoms with Gasteiger partial charge in [-0.3, -0.25) is 4.79 Å². The summed E-state index contributed by atoms with van der Waals surface area (Å²) < 4.78 is 0. The molecular formula is C10H12ClNO2. The van der Waals surface area contributed by atoms with E-state index in [2.05, 4.69) is 5.32 Å². The van der Waals surface area contributed by atoms with Gasteiger partial charge in [0.25, 0.3) is 0 Å². The Balaban J connectivity index is 3.10. The lowest BCUT2D eigenvalue weighted by Gasteiger charge is -2.14. The molecule has 0 saturated heterocycles. The minimum absolute atomic E-state index is 0.617. The lowest BCUT2D eigenvalue weighted by atomic mass is 10.0. The maximum atomic E-state index is 10.9. The van der Waals surface area contributed by atoms with E-state index in [9.17, 15) is 4.79 Å². The Bertz CT molecular complexity index is 352. The van der Waals surface area contributed by atoms with Gasteiger partial charge in [0.15, 0.2) is 0 Å². The number of benzene rings is 1. The van der Waals surface area contributed by atoms with Crippen LogP contribution in [0.1, 0.15) is 17.2 Å². The number of aryl methyl sites for hydroxylation is 1. The van der Waals surface area contributed by atoms with Gasteiger partial charge in [0, 0.05) is 5.02 Å². The molecule has 1 rings (SSSR count). The van der Waals surface area contributed by atoms with Gasteiger partial charge >= 0.3 is 5.97 Å². The van der Waals surface area contributed by atoms with E-state index in [0.717, 1.165) is 11.1 Å². The molecule has 1 aromatic rings. The van der Waals surface area contributed by atoms with E-state index in [4.69, 9.17) is 16.7 Å². The molecule has 2 N–H and O–H groups in total. The second kappa shape index (κ2) is 4.44. The van der Waals surface area contributed by atoms with E-state index in [1.807, 2.05) is 6.92 Å². The Morgan fingerprint density at radius 1 is 1.57 bits per heavy atom. The molecule has 0 heterocycles. The van der Waals surface area contributed by atoms with E-state index >= 15 is 0 Å². The number of rotatable bonds is 3. The summed E-state index contributed by atoms with van der Waals surface area (Å²) >= 11 is 5.78. The smallest absolute Gasteiger partial charge is 0.325 e. The molecule has 1 aromatic carbocycles. The Morgan fingerprint density at radius 2 is 2.21 bits per heavy atom. The molecule has 0 bridgehead atoms. The van der Waals surface area contributed by atoms with Crippen LogP contribution in [0, 0.1) is 6.92 Å². The first kappa shape index (κ1) is 11.0. The summed E-state index contributed by atoms with van der Waals surface area (Å²) in [5.74, 6) is -0.891. The molecule has 1 atom stereocenters. The first-order chi connectivity index (χ1) is 6.56.